The third-order valence-electron chi connectivity index (χ3n) is 7.19. The van der Waals surface area contributed by atoms with Crippen LogP contribution in [-0.4, -0.2) is 49.6 Å². The molecule has 240 valence electrons. The maximum absolute atomic E-state index is 12.8. The molecular formula is C33H33F3N6O2S2. The first kappa shape index (κ1) is 33.1. The molecule has 0 atom stereocenters. The number of benzene rings is 3. The zero-order valence-corrected chi connectivity index (χ0v) is 27.2. The molecule has 0 spiro atoms. The van der Waals surface area contributed by atoms with Gasteiger partial charge in [0.1, 0.15) is 12.1 Å². The lowest BCUT2D eigenvalue weighted by Crippen LogP contribution is -2.32. The Hall–Kier alpha value is -4.23. The van der Waals surface area contributed by atoms with Gasteiger partial charge in [0, 0.05) is 12.1 Å². The number of anilines is 1. The van der Waals surface area contributed by atoms with Gasteiger partial charge in [-0.1, -0.05) is 55.9 Å². The van der Waals surface area contributed by atoms with Crippen LogP contribution in [0.3, 0.4) is 0 Å². The van der Waals surface area contributed by atoms with Gasteiger partial charge in [-0.25, -0.2) is 9.67 Å². The molecule has 1 fully saturated rings. The summed E-state index contributed by atoms with van der Waals surface area (Å²) in [6, 6.07) is 19.5. The molecule has 0 bridgehead atoms. The Morgan fingerprint density at radius 3 is 2.63 bits per heavy atom. The van der Waals surface area contributed by atoms with Crippen molar-refractivity contribution in [1.82, 2.24) is 20.1 Å². The Balaban J connectivity index is 1.13. The lowest BCUT2D eigenvalue weighted by atomic mass is 9.99. The first-order valence-electron chi connectivity index (χ1n) is 14.8. The molecule has 1 saturated heterocycles. The van der Waals surface area contributed by atoms with E-state index in [9.17, 15) is 18.0 Å². The van der Waals surface area contributed by atoms with Gasteiger partial charge in [-0.15, -0.1) is 18.3 Å². The second kappa shape index (κ2) is 14.5. The molecule has 0 aliphatic carbocycles. The molecule has 0 unspecified atom stereocenters. The van der Waals surface area contributed by atoms with Gasteiger partial charge in [-0.2, -0.15) is 4.99 Å². The Morgan fingerprint density at radius 1 is 1.11 bits per heavy atom. The van der Waals surface area contributed by atoms with Crippen LogP contribution in [0.5, 0.6) is 5.75 Å². The minimum absolute atomic E-state index is 0.00291. The maximum Gasteiger partial charge on any atom is 0.573 e. The van der Waals surface area contributed by atoms with Gasteiger partial charge in [0.2, 0.25) is 5.91 Å². The molecule has 1 aliphatic heterocycles. The van der Waals surface area contributed by atoms with E-state index < -0.39 is 6.36 Å². The van der Waals surface area contributed by atoms with E-state index in [-0.39, 0.29) is 17.6 Å². The topological polar surface area (TPSA) is 84.6 Å². The Morgan fingerprint density at radius 2 is 1.89 bits per heavy atom. The van der Waals surface area contributed by atoms with Gasteiger partial charge in [0.05, 0.1) is 17.1 Å². The number of thioether (sulfide) groups is 1. The van der Waals surface area contributed by atoms with E-state index in [0.717, 1.165) is 47.2 Å². The molecule has 5 rings (SSSR count). The molecule has 4 aromatic rings. The number of amidine groups is 1. The van der Waals surface area contributed by atoms with E-state index in [1.807, 2.05) is 37.3 Å². The quantitative estimate of drug-likeness (QED) is 0.138. The highest BCUT2D eigenvalue weighted by Gasteiger charge is 2.32. The number of aliphatic imine (C=N–C) groups is 1. The lowest BCUT2D eigenvalue weighted by Gasteiger charge is -2.22. The maximum atomic E-state index is 12.8. The average molecular weight is 667 g/mol. The van der Waals surface area contributed by atoms with Gasteiger partial charge in [-0.3, -0.25) is 9.69 Å². The zero-order chi connectivity index (χ0) is 32.8. The number of alkyl halides is 3. The van der Waals surface area contributed by atoms with Crippen molar-refractivity contribution in [3.05, 3.63) is 89.7 Å². The molecule has 1 aromatic heterocycles. The van der Waals surface area contributed by atoms with Crippen molar-refractivity contribution in [1.29, 1.82) is 0 Å². The van der Waals surface area contributed by atoms with Gasteiger partial charge >= 0.3 is 6.36 Å². The summed E-state index contributed by atoms with van der Waals surface area (Å²) in [5.74, 6) is 0.786. The highest BCUT2D eigenvalue weighted by Crippen LogP contribution is 2.34. The van der Waals surface area contributed by atoms with Crippen LogP contribution in [0.2, 0.25) is 0 Å². The first-order valence-corrected chi connectivity index (χ1v) is 16.2. The highest BCUT2D eigenvalue weighted by atomic mass is 32.2. The molecule has 13 heteroatoms. The molecule has 2 heterocycles. The fraction of sp³-hybridized carbons (Fsp3) is 0.303. The van der Waals surface area contributed by atoms with Crippen LogP contribution in [0.25, 0.3) is 17.1 Å². The number of halogens is 3. The van der Waals surface area contributed by atoms with Gasteiger partial charge in [-0.05, 0) is 97.4 Å². The van der Waals surface area contributed by atoms with Crippen molar-refractivity contribution in [2.75, 3.05) is 17.2 Å². The van der Waals surface area contributed by atoms with E-state index in [2.05, 4.69) is 51.1 Å². The number of unbranched alkanes of at least 4 members (excludes halogenated alkanes) is 1. The second-order valence-electron chi connectivity index (χ2n) is 11.1. The number of carbonyl (C=O) groups is 1. The molecule has 0 radical (unpaired) electrons. The van der Waals surface area contributed by atoms with Gasteiger partial charge in [0.15, 0.2) is 16.1 Å². The Kier molecular flexibility index (Phi) is 10.4. The minimum atomic E-state index is -4.75. The number of hydrogen-bond donors (Lipinski definition) is 1. The van der Waals surface area contributed by atoms with Gasteiger partial charge < -0.3 is 10.1 Å². The third-order valence-corrected chi connectivity index (χ3v) is 8.35. The van der Waals surface area contributed by atoms with Crippen LogP contribution in [0.15, 0.2) is 78.0 Å². The number of hydrogen-bond acceptors (Lipinski definition) is 6. The van der Waals surface area contributed by atoms with Crippen LogP contribution < -0.4 is 15.0 Å². The summed E-state index contributed by atoms with van der Waals surface area (Å²) in [7, 11) is 0. The van der Waals surface area contributed by atoms with Crippen molar-refractivity contribution >= 4 is 45.9 Å². The number of thiocarbonyl (C=S) groups is 1. The largest absolute Gasteiger partial charge is 0.573 e. The van der Waals surface area contributed by atoms with Crippen LogP contribution in [-0.2, 0) is 11.2 Å². The fourth-order valence-corrected chi connectivity index (χ4v) is 6.09. The Bertz CT molecular complexity index is 1740. The lowest BCUT2D eigenvalue weighted by molar-refractivity contribution is -0.274. The number of nitrogens with one attached hydrogen (secondary N) is 1. The van der Waals surface area contributed by atoms with Crippen molar-refractivity contribution in [3.63, 3.8) is 0 Å². The first-order chi connectivity index (χ1) is 22.0. The summed E-state index contributed by atoms with van der Waals surface area (Å²) in [6.45, 7) is 6.88. The third kappa shape index (κ3) is 8.52. The summed E-state index contributed by atoms with van der Waals surface area (Å²) in [6.07, 6.45) is -0.624. The number of nitrogens with zero attached hydrogens (tertiary/aromatic N) is 5. The number of ether oxygens (including phenoxy) is 1. The van der Waals surface area contributed by atoms with Crippen LogP contribution in [0.4, 0.5) is 18.9 Å². The number of amides is 1. The normalized spacial score (nSPS) is 14.4. The van der Waals surface area contributed by atoms with E-state index in [0.29, 0.717) is 34.1 Å². The predicted molar refractivity (Wildman–Crippen MR) is 180 cm³/mol. The molecule has 1 aliphatic rings. The molecule has 1 amide bonds. The fourth-order valence-electron chi connectivity index (χ4n) is 4.98. The summed E-state index contributed by atoms with van der Waals surface area (Å²) in [5.41, 5.74) is 5.56. The van der Waals surface area contributed by atoms with E-state index in [1.54, 1.807) is 4.90 Å². The number of aromatic nitrogens is 3. The van der Waals surface area contributed by atoms with E-state index in [4.69, 9.17) is 12.2 Å². The predicted octanol–water partition coefficient (Wildman–Crippen LogP) is 7.60. The molecule has 0 saturated carbocycles. The standard InChI is InChI=1S/C33H33F3N6O2S2/c1-21(2)27-15-10-22(3)17-28(27)42-29(43)19-46-32(42)39-31(45)37-16-5-4-7-23-8-6-9-24(18-23)30-38-20-41(40-30)25-11-13-26(14-12-25)44-33(34,35)36/h6,8-15,17-18,20-21H,4-5,7,16,19H2,1-3H3,(H,37,45)/b39-32-. The van der Waals surface area contributed by atoms with Gasteiger partial charge in [0.25, 0.3) is 0 Å². The number of carbonyl (C=O) groups excluding carboxylic acids is 1. The number of rotatable bonds is 10. The van der Waals surface area contributed by atoms with Crippen molar-refractivity contribution in [2.45, 2.75) is 52.3 Å². The van der Waals surface area contributed by atoms with Crippen molar-refractivity contribution < 1.29 is 22.7 Å². The monoisotopic (exact) mass is 666 g/mol. The minimum Gasteiger partial charge on any atom is -0.406 e. The second-order valence-corrected chi connectivity index (χ2v) is 12.4. The smallest absolute Gasteiger partial charge is 0.406 e. The van der Waals surface area contributed by atoms with E-state index >= 15 is 0 Å². The molecule has 8 nitrogen and oxygen atoms in total. The van der Waals surface area contributed by atoms with Crippen molar-refractivity contribution in [2.24, 2.45) is 4.99 Å². The van der Waals surface area contributed by atoms with Crippen LogP contribution >= 0.6 is 24.0 Å². The SMILES string of the molecule is Cc1ccc(C(C)C)c(N2C(=O)CS/C2=N\C(=S)NCCCCc2cccc(-c3ncn(-c4ccc(OC(F)(F)F)cc4)n3)c2)c1. The summed E-state index contributed by atoms with van der Waals surface area (Å²) >= 11 is 6.90. The molecule has 1 N–H and O–H groups in total. The molecule has 46 heavy (non-hydrogen) atoms. The molecule has 3 aromatic carbocycles. The Labute approximate surface area is 275 Å². The van der Waals surface area contributed by atoms with Crippen molar-refractivity contribution in [3.8, 4) is 22.8 Å². The van der Waals surface area contributed by atoms with Crippen LogP contribution in [0.1, 0.15) is 49.3 Å². The summed E-state index contributed by atoms with van der Waals surface area (Å²) < 4.78 is 42.7. The number of aryl methyl sites for hydroxylation is 2. The molecular weight excluding hydrogens is 634 g/mol. The average Bonchev–Trinajstić information content (AvgIpc) is 3.63. The summed E-state index contributed by atoms with van der Waals surface area (Å²) in [4.78, 5) is 23.5. The summed E-state index contributed by atoms with van der Waals surface area (Å²) in [5, 5.41) is 8.65. The highest BCUT2D eigenvalue weighted by molar-refractivity contribution is 8.15. The zero-order valence-electron chi connectivity index (χ0n) is 25.5. The van der Waals surface area contributed by atoms with Crippen LogP contribution in [0, 0.1) is 6.92 Å². The van der Waals surface area contributed by atoms with E-state index in [1.165, 1.54) is 47.0 Å².